The average Bonchev–Trinajstić information content (AvgIpc) is 3.04. The fraction of sp³-hybridized carbons (Fsp3) is 0.214. The fourth-order valence-corrected chi connectivity index (χ4v) is 3.26. The minimum absolute atomic E-state index is 0.216. The summed E-state index contributed by atoms with van der Waals surface area (Å²) in [6, 6.07) is 3.46. The third kappa shape index (κ3) is 3.22. The number of hydrogen-bond donors (Lipinski definition) is 0. The number of hydrogen-bond acceptors (Lipinski definition) is 4. The molecule has 0 aliphatic rings. The van der Waals surface area contributed by atoms with E-state index in [1.807, 2.05) is 0 Å². The molecule has 0 aliphatic carbocycles. The van der Waals surface area contributed by atoms with Crippen molar-refractivity contribution in [2.75, 3.05) is 0 Å². The number of alkyl halides is 3. The van der Waals surface area contributed by atoms with Crippen molar-refractivity contribution in [1.29, 1.82) is 0 Å². The van der Waals surface area contributed by atoms with Gasteiger partial charge in [-0.25, -0.2) is 14.3 Å². The van der Waals surface area contributed by atoms with E-state index in [1.54, 1.807) is 29.8 Å². The number of rotatable bonds is 3. The molecule has 0 saturated heterocycles. The highest BCUT2D eigenvalue weighted by Crippen LogP contribution is 2.23. The van der Waals surface area contributed by atoms with Gasteiger partial charge in [-0.2, -0.15) is 17.6 Å². The van der Waals surface area contributed by atoms with Crippen LogP contribution in [0.15, 0.2) is 30.7 Å². The molecule has 10 heteroatoms. The lowest BCUT2D eigenvalue weighted by Crippen LogP contribution is -2.32. The lowest BCUT2D eigenvalue weighted by molar-refractivity contribution is -0.519. The van der Waals surface area contributed by atoms with E-state index in [1.165, 1.54) is 28.1 Å². The van der Waals surface area contributed by atoms with Gasteiger partial charge in [-0.1, -0.05) is 11.6 Å². The third-order valence-electron chi connectivity index (χ3n) is 3.22. The molecule has 126 valence electrons. The molecule has 0 bridgehead atoms. The van der Waals surface area contributed by atoms with Gasteiger partial charge in [0.15, 0.2) is 10.7 Å². The number of nitrogens with zero attached hydrogens (tertiary/aromatic N) is 3. The number of halogens is 4. The second-order valence-electron chi connectivity index (χ2n) is 4.95. The summed E-state index contributed by atoms with van der Waals surface area (Å²) >= 11 is 7.06. The van der Waals surface area contributed by atoms with Gasteiger partial charge in [-0.05, 0) is 19.1 Å². The molecule has 3 heterocycles. The second-order valence-corrected chi connectivity index (χ2v) is 6.64. The van der Waals surface area contributed by atoms with Crippen molar-refractivity contribution in [3.8, 4) is 5.88 Å². The second kappa shape index (κ2) is 6.06. The highest BCUT2D eigenvalue weighted by atomic mass is 35.5. The van der Waals surface area contributed by atoms with Crippen LogP contribution in [-0.2, 0) is 11.3 Å². The van der Waals surface area contributed by atoms with Crippen LogP contribution in [0.25, 0.3) is 5.65 Å². The Bertz CT molecular complexity index is 920. The van der Waals surface area contributed by atoms with Crippen molar-refractivity contribution in [3.63, 3.8) is 0 Å². The standard InChI is InChI=1S/C14H10ClF3N3O2S/c1-8-3-2-4-21-10(23-12(22)14(16,17)18)7-20(11(8)21)6-9-5-19-13(15)24-9/h2-5,7H,6H2,1H3/q+1. The highest BCUT2D eigenvalue weighted by Gasteiger charge is 2.43. The zero-order valence-electron chi connectivity index (χ0n) is 12.2. The molecule has 0 aromatic carbocycles. The van der Waals surface area contributed by atoms with E-state index in [4.69, 9.17) is 11.6 Å². The van der Waals surface area contributed by atoms with Crippen molar-refractivity contribution in [1.82, 2.24) is 9.55 Å². The van der Waals surface area contributed by atoms with Crippen LogP contribution in [0.2, 0.25) is 4.47 Å². The summed E-state index contributed by atoms with van der Waals surface area (Å²) in [5, 5.41) is 0. The van der Waals surface area contributed by atoms with Crippen LogP contribution in [0, 0.1) is 6.92 Å². The van der Waals surface area contributed by atoms with Crippen molar-refractivity contribution in [2.45, 2.75) is 19.6 Å². The molecule has 0 aliphatic heterocycles. The first kappa shape index (κ1) is 16.7. The zero-order chi connectivity index (χ0) is 17.5. The van der Waals surface area contributed by atoms with Gasteiger partial charge in [0.1, 0.15) is 6.54 Å². The van der Waals surface area contributed by atoms with Gasteiger partial charge in [0.25, 0.3) is 5.65 Å². The van der Waals surface area contributed by atoms with Crippen molar-refractivity contribution in [2.24, 2.45) is 0 Å². The number of imidazole rings is 1. The molecule has 0 atom stereocenters. The number of aryl methyl sites for hydroxylation is 1. The number of thiazole rings is 1. The van der Waals surface area contributed by atoms with Gasteiger partial charge in [0.05, 0.1) is 11.1 Å². The Labute approximate surface area is 142 Å². The number of carbonyl (C=O) groups is 1. The molecule has 0 unspecified atom stereocenters. The zero-order valence-corrected chi connectivity index (χ0v) is 13.7. The molecule has 5 nitrogen and oxygen atoms in total. The molecule has 0 spiro atoms. The molecule has 3 rings (SSSR count). The van der Waals surface area contributed by atoms with E-state index in [0.717, 1.165) is 10.4 Å². The van der Waals surface area contributed by atoms with Crippen LogP contribution < -0.4 is 9.14 Å². The van der Waals surface area contributed by atoms with E-state index in [2.05, 4.69) is 9.72 Å². The fourth-order valence-electron chi connectivity index (χ4n) is 2.28. The topological polar surface area (TPSA) is 48.2 Å². The van der Waals surface area contributed by atoms with Gasteiger partial charge in [0.2, 0.25) is 0 Å². The van der Waals surface area contributed by atoms with Crippen LogP contribution in [0.3, 0.4) is 0 Å². The molecular formula is C14H10ClF3N3O2S+. The first-order chi connectivity index (χ1) is 11.3. The normalized spacial score (nSPS) is 11.9. The molecule has 0 N–H and O–H groups in total. The maximum absolute atomic E-state index is 12.5. The van der Waals surface area contributed by atoms with Gasteiger partial charge in [-0.15, -0.1) is 11.3 Å². The summed E-state index contributed by atoms with van der Waals surface area (Å²) in [4.78, 5) is 15.9. The molecule has 24 heavy (non-hydrogen) atoms. The van der Waals surface area contributed by atoms with E-state index >= 15 is 0 Å². The van der Waals surface area contributed by atoms with Crippen molar-refractivity contribution in [3.05, 3.63) is 45.6 Å². The minimum atomic E-state index is -5.07. The summed E-state index contributed by atoms with van der Waals surface area (Å²) < 4.78 is 45.3. The summed E-state index contributed by atoms with van der Waals surface area (Å²) in [5.41, 5.74) is 1.41. The maximum Gasteiger partial charge on any atom is 0.491 e. The summed E-state index contributed by atoms with van der Waals surface area (Å²) in [6.45, 7) is 2.14. The number of pyridine rings is 1. The Balaban J connectivity index is 2.04. The monoisotopic (exact) mass is 376 g/mol. The van der Waals surface area contributed by atoms with Crippen LogP contribution in [0.4, 0.5) is 13.2 Å². The Kier molecular flexibility index (Phi) is 4.22. The molecule has 0 amide bonds. The number of carbonyl (C=O) groups excluding carboxylic acids is 1. The van der Waals surface area contributed by atoms with Gasteiger partial charge >= 0.3 is 18.0 Å². The molecule has 0 saturated carbocycles. The maximum atomic E-state index is 12.5. The number of fused-ring (bicyclic) bond motifs is 1. The molecule has 3 aromatic rings. The smallest absolute Gasteiger partial charge is 0.380 e. The van der Waals surface area contributed by atoms with E-state index in [9.17, 15) is 18.0 Å². The van der Waals surface area contributed by atoms with Gasteiger partial charge < -0.3 is 4.74 Å². The Morgan fingerprint density at radius 1 is 1.50 bits per heavy atom. The van der Waals surface area contributed by atoms with Crippen molar-refractivity contribution >= 4 is 34.6 Å². The number of esters is 1. The minimum Gasteiger partial charge on any atom is -0.380 e. The third-order valence-corrected chi connectivity index (χ3v) is 4.32. The Hall–Kier alpha value is -2.13. The van der Waals surface area contributed by atoms with Gasteiger partial charge in [0, 0.05) is 11.8 Å². The lowest BCUT2D eigenvalue weighted by Gasteiger charge is -2.02. The number of ether oxygens (including phenoxy) is 1. The van der Waals surface area contributed by atoms with E-state index < -0.39 is 12.1 Å². The highest BCUT2D eigenvalue weighted by molar-refractivity contribution is 7.15. The van der Waals surface area contributed by atoms with Gasteiger partial charge in [-0.3, -0.25) is 0 Å². The van der Waals surface area contributed by atoms with Crippen LogP contribution >= 0.6 is 22.9 Å². The number of aromatic nitrogens is 3. The Morgan fingerprint density at radius 3 is 2.88 bits per heavy atom. The summed E-state index contributed by atoms with van der Waals surface area (Å²) in [7, 11) is 0. The average molecular weight is 377 g/mol. The Morgan fingerprint density at radius 2 is 2.25 bits per heavy atom. The largest absolute Gasteiger partial charge is 0.491 e. The van der Waals surface area contributed by atoms with Crippen LogP contribution in [0.5, 0.6) is 5.88 Å². The van der Waals surface area contributed by atoms with E-state index in [-0.39, 0.29) is 5.88 Å². The van der Waals surface area contributed by atoms with E-state index in [0.29, 0.717) is 16.7 Å². The molecule has 3 aromatic heterocycles. The molecular weight excluding hydrogens is 367 g/mol. The lowest BCUT2D eigenvalue weighted by atomic mass is 10.3. The van der Waals surface area contributed by atoms with Crippen molar-refractivity contribution < 1.29 is 27.1 Å². The predicted octanol–water partition coefficient (Wildman–Crippen LogP) is 3.16. The summed E-state index contributed by atoms with van der Waals surface area (Å²) in [6.07, 6.45) is -0.607. The van der Waals surface area contributed by atoms with Crippen LogP contribution in [-0.4, -0.2) is 21.7 Å². The SMILES string of the molecule is Cc1ccc[n+]2c(OC(=O)C(F)(F)F)cn(Cc3cnc(Cl)s3)c12. The van der Waals surface area contributed by atoms with Crippen LogP contribution in [0.1, 0.15) is 10.4 Å². The molecule has 0 fully saturated rings. The summed E-state index contributed by atoms with van der Waals surface area (Å²) in [5.74, 6) is -2.48. The first-order valence-corrected chi connectivity index (χ1v) is 7.84. The first-order valence-electron chi connectivity index (χ1n) is 6.65. The predicted molar refractivity (Wildman–Crippen MR) is 80.2 cm³/mol. The quantitative estimate of drug-likeness (QED) is 0.521. The molecule has 0 radical (unpaired) electrons.